The molecule has 140 valence electrons. The number of carbonyl (C=O) groups is 1. The van der Waals surface area contributed by atoms with E-state index in [4.69, 9.17) is 4.74 Å². The molecular weight excluding hydrogens is 345 g/mol. The predicted octanol–water partition coefficient (Wildman–Crippen LogP) is 3.87. The van der Waals surface area contributed by atoms with E-state index in [9.17, 15) is 18.0 Å². The van der Waals surface area contributed by atoms with Crippen molar-refractivity contribution in [3.05, 3.63) is 59.7 Å². The number of amides is 1. The van der Waals surface area contributed by atoms with E-state index in [1.807, 2.05) is 24.3 Å². The molecule has 0 aliphatic heterocycles. The average Bonchev–Trinajstić information content (AvgIpc) is 2.61. The highest BCUT2D eigenvalue weighted by Gasteiger charge is 2.33. The highest BCUT2D eigenvalue weighted by Crippen LogP contribution is 2.34. The molecule has 2 N–H and O–H groups in total. The van der Waals surface area contributed by atoms with E-state index in [1.54, 1.807) is 7.11 Å². The largest absolute Gasteiger partial charge is 0.497 e. The van der Waals surface area contributed by atoms with Crippen molar-refractivity contribution in [3.63, 3.8) is 0 Å². The Bertz CT molecular complexity index is 715. The standard InChI is InChI=1S/C19H21F3N2O2/c1-26-15-8-6-14(7-9-15)10-12-23-13-11-18(25)24-17-5-3-2-4-16(17)19(20,21)22/h2-9,23H,10-13H2,1H3,(H,24,25). The van der Waals surface area contributed by atoms with Gasteiger partial charge in [0, 0.05) is 13.0 Å². The van der Waals surface area contributed by atoms with Gasteiger partial charge >= 0.3 is 6.18 Å². The van der Waals surface area contributed by atoms with Gasteiger partial charge in [-0.25, -0.2) is 0 Å². The number of hydrogen-bond acceptors (Lipinski definition) is 3. The maximum absolute atomic E-state index is 12.9. The summed E-state index contributed by atoms with van der Waals surface area (Å²) in [6, 6.07) is 12.6. The Hall–Kier alpha value is -2.54. The third-order valence-corrected chi connectivity index (χ3v) is 3.78. The molecule has 0 saturated carbocycles. The van der Waals surface area contributed by atoms with Crippen LogP contribution in [0.2, 0.25) is 0 Å². The second-order valence-corrected chi connectivity index (χ2v) is 5.69. The maximum atomic E-state index is 12.9. The number of alkyl halides is 3. The van der Waals surface area contributed by atoms with Crippen molar-refractivity contribution < 1.29 is 22.7 Å². The fourth-order valence-electron chi connectivity index (χ4n) is 2.40. The van der Waals surface area contributed by atoms with E-state index in [2.05, 4.69) is 10.6 Å². The van der Waals surface area contributed by atoms with Gasteiger partial charge in [-0.1, -0.05) is 24.3 Å². The third-order valence-electron chi connectivity index (χ3n) is 3.78. The molecule has 1 amide bonds. The lowest BCUT2D eigenvalue weighted by Crippen LogP contribution is -2.24. The Balaban J connectivity index is 1.72. The quantitative estimate of drug-likeness (QED) is 0.697. The lowest BCUT2D eigenvalue weighted by molar-refractivity contribution is -0.137. The minimum absolute atomic E-state index is 0.0921. The Morgan fingerprint density at radius 1 is 1.04 bits per heavy atom. The number of benzene rings is 2. The molecule has 0 heterocycles. The van der Waals surface area contributed by atoms with Gasteiger partial charge in [-0.3, -0.25) is 4.79 Å². The van der Waals surface area contributed by atoms with Crippen LogP contribution in [0.25, 0.3) is 0 Å². The molecule has 0 saturated heterocycles. The second-order valence-electron chi connectivity index (χ2n) is 5.69. The van der Waals surface area contributed by atoms with Crippen molar-refractivity contribution in [2.24, 2.45) is 0 Å². The van der Waals surface area contributed by atoms with Crippen LogP contribution in [0.3, 0.4) is 0 Å². The number of hydrogen-bond donors (Lipinski definition) is 2. The molecule has 0 aromatic heterocycles. The summed E-state index contributed by atoms with van der Waals surface area (Å²) in [5.74, 6) is 0.330. The highest BCUT2D eigenvalue weighted by molar-refractivity contribution is 5.91. The smallest absolute Gasteiger partial charge is 0.418 e. The molecule has 0 aliphatic rings. The number of halogens is 3. The monoisotopic (exact) mass is 366 g/mol. The van der Waals surface area contributed by atoms with Crippen LogP contribution in [0, 0.1) is 0 Å². The SMILES string of the molecule is COc1ccc(CCNCCC(=O)Nc2ccccc2C(F)(F)F)cc1. The van der Waals surface area contributed by atoms with E-state index >= 15 is 0 Å². The van der Waals surface area contributed by atoms with Crippen molar-refractivity contribution in [3.8, 4) is 5.75 Å². The summed E-state index contributed by atoms with van der Waals surface area (Å²) >= 11 is 0. The summed E-state index contributed by atoms with van der Waals surface area (Å²) in [5.41, 5.74) is 0.0610. The molecule has 0 radical (unpaired) electrons. The van der Waals surface area contributed by atoms with Crippen molar-refractivity contribution >= 4 is 11.6 Å². The van der Waals surface area contributed by atoms with E-state index < -0.39 is 17.6 Å². The minimum atomic E-state index is -4.50. The number of rotatable bonds is 8. The van der Waals surface area contributed by atoms with Crippen LogP contribution in [0.15, 0.2) is 48.5 Å². The van der Waals surface area contributed by atoms with E-state index in [0.717, 1.165) is 23.8 Å². The summed E-state index contributed by atoms with van der Waals surface area (Å²) in [4.78, 5) is 11.9. The van der Waals surface area contributed by atoms with E-state index in [1.165, 1.54) is 18.2 Å². The molecule has 7 heteroatoms. The van der Waals surface area contributed by atoms with Gasteiger partial charge in [-0.05, 0) is 42.8 Å². The van der Waals surface area contributed by atoms with Crippen LogP contribution in [0.1, 0.15) is 17.5 Å². The van der Waals surface area contributed by atoms with Crippen LogP contribution in [0.4, 0.5) is 18.9 Å². The summed E-state index contributed by atoms with van der Waals surface area (Å²) in [6.07, 6.45) is -3.63. The maximum Gasteiger partial charge on any atom is 0.418 e. The first-order valence-corrected chi connectivity index (χ1v) is 8.20. The minimum Gasteiger partial charge on any atom is -0.497 e. The zero-order valence-electron chi connectivity index (χ0n) is 14.4. The first kappa shape index (κ1) is 19.8. The summed E-state index contributed by atoms with van der Waals surface area (Å²) in [7, 11) is 1.61. The number of nitrogens with one attached hydrogen (secondary N) is 2. The molecule has 0 aliphatic carbocycles. The summed E-state index contributed by atoms with van der Waals surface area (Å²) < 4.78 is 43.8. The summed E-state index contributed by atoms with van der Waals surface area (Å²) in [6.45, 7) is 1.05. The number of para-hydroxylation sites is 1. The molecule has 2 rings (SSSR count). The third kappa shape index (κ3) is 6.07. The van der Waals surface area contributed by atoms with Gasteiger partial charge in [0.1, 0.15) is 5.75 Å². The van der Waals surface area contributed by atoms with E-state index in [0.29, 0.717) is 13.1 Å². The first-order chi connectivity index (χ1) is 12.4. The Kier molecular flexibility index (Phi) is 7.03. The number of carbonyl (C=O) groups excluding carboxylic acids is 1. The number of anilines is 1. The molecule has 4 nitrogen and oxygen atoms in total. The van der Waals surface area contributed by atoms with Gasteiger partial charge in [0.15, 0.2) is 0 Å². The molecule has 2 aromatic carbocycles. The Labute approximate surface area is 150 Å². The fourth-order valence-corrected chi connectivity index (χ4v) is 2.40. The van der Waals surface area contributed by atoms with Gasteiger partial charge in [-0.15, -0.1) is 0 Å². The van der Waals surface area contributed by atoms with Crippen LogP contribution in [-0.4, -0.2) is 26.1 Å². The van der Waals surface area contributed by atoms with Gasteiger partial charge < -0.3 is 15.4 Å². The lowest BCUT2D eigenvalue weighted by Gasteiger charge is -2.13. The van der Waals surface area contributed by atoms with Crippen LogP contribution < -0.4 is 15.4 Å². The van der Waals surface area contributed by atoms with Crippen LogP contribution in [-0.2, 0) is 17.4 Å². The lowest BCUT2D eigenvalue weighted by atomic mass is 10.1. The molecule has 0 fully saturated rings. The fraction of sp³-hybridized carbons (Fsp3) is 0.316. The molecule has 0 atom stereocenters. The van der Waals surface area contributed by atoms with Crippen LogP contribution in [0.5, 0.6) is 5.75 Å². The first-order valence-electron chi connectivity index (χ1n) is 8.20. The van der Waals surface area contributed by atoms with Gasteiger partial charge in [-0.2, -0.15) is 13.2 Å². The molecule has 2 aromatic rings. The van der Waals surface area contributed by atoms with Crippen LogP contribution >= 0.6 is 0 Å². The average molecular weight is 366 g/mol. The zero-order valence-corrected chi connectivity index (χ0v) is 14.4. The summed E-state index contributed by atoms with van der Waals surface area (Å²) in [5, 5.41) is 5.44. The Morgan fingerprint density at radius 3 is 2.38 bits per heavy atom. The molecule has 0 unspecified atom stereocenters. The topological polar surface area (TPSA) is 50.4 Å². The predicted molar refractivity (Wildman–Crippen MR) is 94.3 cm³/mol. The zero-order chi connectivity index (χ0) is 19.0. The van der Waals surface area contributed by atoms with E-state index in [-0.39, 0.29) is 12.1 Å². The molecular formula is C19H21F3N2O2. The second kappa shape index (κ2) is 9.24. The number of methoxy groups -OCH3 is 1. The van der Waals surface area contributed by atoms with Gasteiger partial charge in [0.25, 0.3) is 0 Å². The normalized spacial score (nSPS) is 11.2. The molecule has 0 bridgehead atoms. The number of ether oxygens (including phenoxy) is 1. The van der Waals surface area contributed by atoms with Crippen molar-refractivity contribution in [2.45, 2.75) is 19.0 Å². The van der Waals surface area contributed by atoms with Crippen molar-refractivity contribution in [2.75, 3.05) is 25.5 Å². The van der Waals surface area contributed by atoms with Crippen molar-refractivity contribution in [1.82, 2.24) is 5.32 Å². The van der Waals surface area contributed by atoms with Gasteiger partial charge in [0.2, 0.25) is 5.91 Å². The molecule has 26 heavy (non-hydrogen) atoms. The Morgan fingerprint density at radius 2 is 1.73 bits per heavy atom. The van der Waals surface area contributed by atoms with Crippen molar-refractivity contribution in [1.29, 1.82) is 0 Å². The molecule has 0 spiro atoms. The highest BCUT2D eigenvalue weighted by atomic mass is 19.4. The van der Waals surface area contributed by atoms with Gasteiger partial charge in [0.05, 0.1) is 18.4 Å².